The van der Waals surface area contributed by atoms with E-state index < -0.39 is 0 Å². The number of hydrogen-bond donors (Lipinski definition) is 1. The van der Waals surface area contributed by atoms with Crippen LogP contribution in [0.15, 0.2) is 12.7 Å². The van der Waals surface area contributed by atoms with Crippen molar-refractivity contribution < 1.29 is 0 Å². The molecule has 0 amide bonds. The van der Waals surface area contributed by atoms with E-state index in [0.717, 1.165) is 18.5 Å². The lowest BCUT2D eigenvalue weighted by molar-refractivity contribution is 0.459. The molecule has 1 fully saturated rings. The Morgan fingerprint density at radius 3 is 3.00 bits per heavy atom. The van der Waals surface area contributed by atoms with Crippen LogP contribution in [-0.2, 0) is 0 Å². The van der Waals surface area contributed by atoms with Crippen LogP contribution >= 0.6 is 0 Å². The van der Waals surface area contributed by atoms with Crippen LogP contribution in [0.5, 0.6) is 0 Å². The number of allylic oxidation sites excluding steroid dienone is 1. The van der Waals surface area contributed by atoms with Crippen LogP contribution in [0.1, 0.15) is 45.4 Å². The van der Waals surface area contributed by atoms with Crippen molar-refractivity contribution in [3.8, 4) is 0 Å². The van der Waals surface area contributed by atoms with Crippen molar-refractivity contribution in [2.24, 2.45) is 5.92 Å². The molecule has 1 saturated carbocycles. The van der Waals surface area contributed by atoms with Crippen LogP contribution in [0.3, 0.4) is 0 Å². The second-order valence-electron chi connectivity index (χ2n) is 4.15. The minimum absolute atomic E-state index is 0.818. The maximum absolute atomic E-state index is 3.76. The van der Waals surface area contributed by atoms with Gasteiger partial charge in [0.25, 0.3) is 0 Å². The fourth-order valence-electron chi connectivity index (χ4n) is 2.36. The molecule has 0 aromatic heterocycles. The van der Waals surface area contributed by atoms with Gasteiger partial charge in [0.2, 0.25) is 0 Å². The monoisotopic (exact) mass is 181 g/mol. The van der Waals surface area contributed by atoms with Gasteiger partial charge < -0.3 is 5.32 Å². The van der Waals surface area contributed by atoms with Crippen LogP contribution in [0.25, 0.3) is 0 Å². The molecule has 0 heterocycles. The fourth-order valence-corrected chi connectivity index (χ4v) is 2.36. The molecule has 2 unspecified atom stereocenters. The van der Waals surface area contributed by atoms with Gasteiger partial charge in [0.05, 0.1) is 0 Å². The normalized spacial score (nSPS) is 27.8. The van der Waals surface area contributed by atoms with E-state index in [2.05, 4.69) is 18.8 Å². The maximum atomic E-state index is 3.76. The van der Waals surface area contributed by atoms with Crippen molar-refractivity contribution in [1.29, 1.82) is 0 Å². The van der Waals surface area contributed by atoms with Crippen molar-refractivity contribution in [2.45, 2.75) is 51.5 Å². The molecule has 0 spiro atoms. The predicted molar refractivity (Wildman–Crippen MR) is 58.9 cm³/mol. The molecule has 0 radical (unpaired) electrons. The molecule has 1 N–H and O–H groups in total. The lowest BCUT2D eigenvalue weighted by atomic mass is 10.0. The van der Waals surface area contributed by atoms with E-state index in [4.69, 9.17) is 0 Å². The summed E-state index contributed by atoms with van der Waals surface area (Å²) in [6.07, 6.45) is 10.2. The molecule has 1 rings (SSSR count). The molecule has 0 aliphatic heterocycles. The summed E-state index contributed by atoms with van der Waals surface area (Å²) in [5, 5.41) is 3.54. The van der Waals surface area contributed by atoms with Gasteiger partial charge in [0, 0.05) is 6.04 Å². The van der Waals surface area contributed by atoms with Crippen LogP contribution < -0.4 is 5.32 Å². The zero-order valence-electron chi connectivity index (χ0n) is 8.89. The van der Waals surface area contributed by atoms with E-state index in [9.17, 15) is 0 Å². The number of unbranched alkanes of at least 4 members (excludes halogenated alkanes) is 1. The third-order valence-electron chi connectivity index (χ3n) is 3.05. The molecule has 1 aliphatic rings. The highest BCUT2D eigenvalue weighted by Crippen LogP contribution is 2.29. The minimum Gasteiger partial charge on any atom is -0.314 e. The summed E-state index contributed by atoms with van der Waals surface area (Å²) >= 11 is 0. The topological polar surface area (TPSA) is 12.0 Å². The van der Waals surface area contributed by atoms with Crippen molar-refractivity contribution in [3.63, 3.8) is 0 Å². The number of rotatable bonds is 6. The van der Waals surface area contributed by atoms with Gasteiger partial charge in [-0.1, -0.05) is 19.4 Å². The zero-order chi connectivity index (χ0) is 9.52. The zero-order valence-corrected chi connectivity index (χ0v) is 8.89. The predicted octanol–water partition coefficient (Wildman–Crippen LogP) is 3.12. The SMILES string of the molecule is C=CCCCC1CCC(NCC)C1. The van der Waals surface area contributed by atoms with Gasteiger partial charge in [-0.15, -0.1) is 6.58 Å². The van der Waals surface area contributed by atoms with E-state index in [-0.39, 0.29) is 0 Å². The molecule has 0 saturated heterocycles. The highest BCUT2D eigenvalue weighted by Gasteiger charge is 2.22. The molecule has 1 heteroatoms. The van der Waals surface area contributed by atoms with Crippen molar-refractivity contribution in [3.05, 3.63) is 12.7 Å². The molecule has 1 aliphatic carbocycles. The first-order valence-corrected chi connectivity index (χ1v) is 5.71. The summed E-state index contributed by atoms with van der Waals surface area (Å²) in [4.78, 5) is 0. The fraction of sp³-hybridized carbons (Fsp3) is 0.833. The second-order valence-corrected chi connectivity index (χ2v) is 4.15. The molecular formula is C12H23N. The van der Waals surface area contributed by atoms with Gasteiger partial charge in [-0.05, 0) is 44.6 Å². The van der Waals surface area contributed by atoms with Crippen molar-refractivity contribution in [1.82, 2.24) is 5.32 Å². The standard InChI is InChI=1S/C12H23N/c1-3-5-6-7-11-8-9-12(10-11)13-4-2/h3,11-13H,1,4-10H2,2H3. The van der Waals surface area contributed by atoms with Gasteiger partial charge in [-0.2, -0.15) is 0 Å². The Kier molecular flexibility index (Phi) is 5.14. The molecule has 2 atom stereocenters. The first-order chi connectivity index (χ1) is 6.36. The Labute approximate surface area is 82.6 Å². The number of hydrogen-bond acceptors (Lipinski definition) is 1. The van der Waals surface area contributed by atoms with E-state index in [1.807, 2.05) is 6.08 Å². The molecule has 0 aromatic carbocycles. The van der Waals surface area contributed by atoms with Crippen LogP contribution in [0.4, 0.5) is 0 Å². The summed E-state index contributed by atoms with van der Waals surface area (Å²) in [5.74, 6) is 0.990. The van der Waals surface area contributed by atoms with Crippen LogP contribution in [0.2, 0.25) is 0 Å². The Balaban J connectivity index is 2.06. The summed E-state index contributed by atoms with van der Waals surface area (Å²) in [7, 11) is 0. The maximum Gasteiger partial charge on any atom is 0.00696 e. The third kappa shape index (κ3) is 3.95. The average Bonchev–Trinajstić information content (AvgIpc) is 2.54. The average molecular weight is 181 g/mol. The smallest absolute Gasteiger partial charge is 0.00696 e. The Morgan fingerprint density at radius 1 is 1.46 bits per heavy atom. The summed E-state index contributed by atoms with van der Waals surface area (Å²) in [6, 6.07) is 0.818. The van der Waals surface area contributed by atoms with Crippen molar-refractivity contribution >= 4 is 0 Å². The highest BCUT2D eigenvalue weighted by molar-refractivity contribution is 4.80. The molecule has 0 bridgehead atoms. The molecular weight excluding hydrogens is 158 g/mol. The van der Waals surface area contributed by atoms with Crippen LogP contribution in [0, 0.1) is 5.92 Å². The highest BCUT2D eigenvalue weighted by atomic mass is 14.9. The van der Waals surface area contributed by atoms with Gasteiger partial charge in [-0.25, -0.2) is 0 Å². The minimum atomic E-state index is 0.818. The summed E-state index contributed by atoms with van der Waals surface area (Å²) in [6.45, 7) is 7.09. The van der Waals surface area contributed by atoms with E-state index in [1.54, 1.807) is 0 Å². The van der Waals surface area contributed by atoms with Crippen molar-refractivity contribution in [2.75, 3.05) is 6.54 Å². The molecule has 76 valence electrons. The van der Waals surface area contributed by atoms with E-state index in [0.29, 0.717) is 0 Å². The summed E-state index contributed by atoms with van der Waals surface area (Å²) in [5.41, 5.74) is 0. The van der Waals surface area contributed by atoms with E-state index in [1.165, 1.54) is 38.5 Å². The first-order valence-electron chi connectivity index (χ1n) is 5.71. The quantitative estimate of drug-likeness (QED) is 0.490. The number of nitrogens with one attached hydrogen (secondary N) is 1. The lowest BCUT2D eigenvalue weighted by Gasteiger charge is -2.11. The molecule has 13 heavy (non-hydrogen) atoms. The second kappa shape index (κ2) is 6.20. The lowest BCUT2D eigenvalue weighted by Crippen LogP contribution is -2.25. The Hall–Kier alpha value is -0.300. The largest absolute Gasteiger partial charge is 0.314 e. The van der Waals surface area contributed by atoms with Crippen LogP contribution in [-0.4, -0.2) is 12.6 Å². The third-order valence-corrected chi connectivity index (χ3v) is 3.05. The van der Waals surface area contributed by atoms with Gasteiger partial charge in [-0.3, -0.25) is 0 Å². The Bertz CT molecular complexity index is 142. The first kappa shape index (κ1) is 10.8. The van der Waals surface area contributed by atoms with Gasteiger partial charge >= 0.3 is 0 Å². The molecule has 1 nitrogen and oxygen atoms in total. The van der Waals surface area contributed by atoms with Gasteiger partial charge in [0.1, 0.15) is 0 Å². The summed E-state index contributed by atoms with van der Waals surface area (Å²) < 4.78 is 0. The van der Waals surface area contributed by atoms with Gasteiger partial charge in [0.15, 0.2) is 0 Å². The Morgan fingerprint density at radius 2 is 2.31 bits per heavy atom. The molecule has 0 aromatic rings. The van der Waals surface area contributed by atoms with E-state index >= 15 is 0 Å².